The number of aliphatic carboxylic acids is 1. The van der Waals surface area contributed by atoms with E-state index in [-0.39, 0.29) is 0 Å². The van der Waals surface area contributed by atoms with Crippen molar-refractivity contribution in [2.75, 3.05) is 0 Å². The maximum absolute atomic E-state index is 11.6. The summed E-state index contributed by atoms with van der Waals surface area (Å²) >= 11 is 0. The first-order chi connectivity index (χ1) is 8.90. The van der Waals surface area contributed by atoms with Gasteiger partial charge in [-0.3, -0.25) is 0 Å². The summed E-state index contributed by atoms with van der Waals surface area (Å²) in [4.78, 5) is 22.2. The standard InChI is InChI=1S/C14H14O5/c1-7-8(2)14(17)19-12-6-10(4-5-11(7)12)18-9(3)13(15)16/h4-6,9H,1-3H3,(H,15,16)/p-1/t9-/m1/s1. The zero-order valence-corrected chi connectivity index (χ0v) is 10.9. The first-order valence-corrected chi connectivity index (χ1v) is 5.81. The van der Waals surface area contributed by atoms with Crippen molar-refractivity contribution in [3.8, 4) is 5.75 Å². The van der Waals surface area contributed by atoms with E-state index in [4.69, 9.17) is 9.15 Å². The number of carboxylic acids is 1. The largest absolute Gasteiger partial charge is 0.546 e. The molecule has 0 bridgehead atoms. The molecular weight excluding hydrogens is 248 g/mol. The van der Waals surface area contributed by atoms with E-state index >= 15 is 0 Å². The number of hydrogen-bond acceptors (Lipinski definition) is 5. The molecule has 0 saturated heterocycles. The number of ether oxygens (including phenoxy) is 1. The molecule has 5 nitrogen and oxygen atoms in total. The molecule has 0 amide bonds. The van der Waals surface area contributed by atoms with Gasteiger partial charge in [-0.2, -0.15) is 0 Å². The smallest absolute Gasteiger partial charge is 0.339 e. The molecule has 0 radical (unpaired) electrons. The number of hydrogen-bond donors (Lipinski definition) is 0. The number of aryl methyl sites for hydroxylation is 1. The Labute approximate surface area is 109 Å². The molecule has 1 aromatic heterocycles. The Hall–Kier alpha value is -2.30. The lowest BCUT2D eigenvalue weighted by Crippen LogP contribution is -2.37. The van der Waals surface area contributed by atoms with E-state index in [1.54, 1.807) is 19.1 Å². The average Bonchev–Trinajstić information content (AvgIpc) is 2.35. The van der Waals surface area contributed by atoms with E-state index in [2.05, 4.69) is 0 Å². The van der Waals surface area contributed by atoms with Gasteiger partial charge in [0, 0.05) is 17.0 Å². The van der Waals surface area contributed by atoms with E-state index in [1.165, 1.54) is 13.0 Å². The zero-order chi connectivity index (χ0) is 14.2. The average molecular weight is 261 g/mol. The maximum atomic E-state index is 11.6. The van der Waals surface area contributed by atoms with Crippen molar-refractivity contribution in [1.82, 2.24) is 0 Å². The highest BCUT2D eigenvalue weighted by atomic mass is 16.5. The van der Waals surface area contributed by atoms with Crippen LogP contribution in [-0.4, -0.2) is 12.1 Å². The monoisotopic (exact) mass is 261 g/mol. The van der Waals surface area contributed by atoms with Gasteiger partial charge in [-0.25, -0.2) is 4.79 Å². The summed E-state index contributed by atoms with van der Waals surface area (Å²) in [6.07, 6.45) is -1.07. The second-order valence-electron chi connectivity index (χ2n) is 4.38. The highest BCUT2D eigenvalue weighted by Gasteiger charge is 2.10. The summed E-state index contributed by atoms with van der Waals surface area (Å²) in [5.74, 6) is -0.989. The van der Waals surface area contributed by atoms with Gasteiger partial charge in [0.2, 0.25) is 0 Å². The summed E-state index contributed by atoms with van der Waals surface area (Å²) in [6.45, 7) is 4.90. The van der Waals surface area contributed by atoms with Crippen LogP contribution in [0.15, 0.2) is 27.4 Å². The van der Waals surface area contributed by atoms with Crippen molar-refractivity contribution in [3.05, 3.63) is 39.7 Å². The van der Waals surface area contributed by atoms with E-state index in [9.17, 15) is 14.7 Å². The van der Waals surface area contributed by atoms with E-state index in [0.717, 1.165) is 10.9 Å². The second kappa shape index (κ2) is 4.76. The molecule has 2 aromatic rings. The highest BCUT2D eigenvalue weighted by Crippen LogP contribution is 2.24. The molecule has 2 rings (SSSR count). The molecule has 5 heteroatoms. The Balaban J connectivity index is 2.50. The first-order valence-electron chi connectivity index (χ1n) is 5.81. The van der Waals surface area contributed by atoms with Gasteiger partial charge in [-0.15, -0.1) is 0 Å². The van der Waals surface area contributed by atoms with Gasteiger partial charge < -0.3 is 19.1 Å². The predicted molar refractivity (Wildman–Crippen MR) is 67.1 cm³/mol. The van der Waals surface area contributed by atoms with Crippen molar-refractivity contribution < 1.29 is 19.1 Å². The minimum Gasteiger partial charge on any atom is -0.546 e. The van der Waals surface area contributed by atoms with E-state index < -0.39 is 17.7 Å². The minimum atomic E-state index is -1.30. The Kier molecular flexibility index (Phi) is 3.29. The number of fused-ring (bicyclic) bond motifs is 1. The fourth-order valence-electron chi connectivity index (χ4n) is 1.75. The van der Waals surface area contributed by atoms with Crippen molar-refractivity contribution in [3.63, 3.8) is 0 Å². The summed E-state index contributed by atoms with van der Waals surface area (Å²) in [7, 11) is 0. The molecule has 0 saturated carbocycles. The minimum absolute atomic E-state index is 0.315. The molecule has 0 aliphatic carbocycles. The molecule has 0 aliphatic rings. The van der Waals surface area contributed by atoms with Crippen molar-refractivity contribution in [2.45, 2.75) is 26.9 Å². The van der Waals surface area contributed by atoms with Crippen LogP contribution in [0.25, 0.3) is 11.0 Å². The summed E-state index contributed by atoms with van der Waals surface area (Å²) < 4.78 is 10.3. The normalized spacial score (nSPS) is 12.4. The lowest BCUT2D eigenvalue weighted by molar-refractivity contribution is -0.312. The molecule has 1 heterocycles. The predicted octanol–water partition coefficient (Wildman–Crippen LogP) is 0.927. The second-order valence-corrected chi connectivity index (χ2v) is 4.38. The van der Waals surface area contributed by atoms with Crippen LogP contribution in [0.3, 0.4) is 0 Å². The summed E-state index contributed by atoms with van der Waals surface area (Å²) in [5, 5.41) is 11.4. The molecule has 0 spiro atoms. The van der Waals surface area contributed by atoms with Crippen LogP contribution in [0.5, 0.6) is 5.75 Å². The van der Waals surface area contributed by atoms with E-state index in [0.29, 0.717) is 16.9 Å². The number of carbonyl (C=O) groups excluding carboxylic acids is 1. The number of benzene rings is 1. The van der Waals surface area contributed by atoms with E-state index in [1.807, 2.05) is 6.92 Å². The van der Waals surface area contributed by atoms with Crippen LogP contribution >= 0.6 is 0 Å². The molecular formula is C14H13O5-. The van der Waals surface area contributed by atoms with Crippen LogP contribution in [0, 0.1) is 13.8 Å². The van der Waals surface area contributed by atoms with Crippen molar-refractivity contribution in [2.24, 2.45) is 0 Å². The lowest BCUT2D eigenvalue weighted by Gasteiger charge is -2.15. The van der Waals surface area contributed by atoms with Crippen molar-refractivity contribution in [1.29, 1.82) is 0 Å². The number of carboxylic acid groups (broad SMARTS) is 1. The molecule has 0 N–H and O–H groups in total. The molecule has 1 atom stereocenters. The van der Waals surface area contributed by atoms with Crippen LogP contribution < -0.4 is 15.5 Å². The van der Waals surface area contributed by atoms with Gasteiger partial charge in [0.25, 0.3) is 0 Å². The summed E-state index contributed by atoms with van der Waals surface area (Å²) in [6, 6.07) is 4.87. The molecule has 0 aliphatic heterocycles. The van der Waals surface area contributed by atoms with Crippen LogP contribution in [0.4, 0.5) is 0 Å². The third-order valence-electron chi connectivity index (χ3n) is 3.07. The van der Waals surface area contributed by atoms with Gasteiger partial charge in [0.15, 0.2) is 0 Å². The topological polar surface area (TPSA) is 79.6 Å². The Morgan fingerprint density at radius 1 is 1.32 bits per heavy atom. The van der Waals surface area contributed by atoms with Crippen LogP contribution in [0.1, 0.15) is 18.1 Å². The lowest BCUT2D eigenvalue weighted by atomic mass is 10.1. The SMILES string of the molecule is Cc1c(C)c2ccc(O[C@H](C)C(=O)[O-])cc2oc1=O. The van der Waals surface area contributed by atoms with Gasteiger partial charge in [0.05, 0.1) is 5.97 Å². The number of carbonyl (C=O) groups is 1. The number of rotatable bonds is 3. The highest BCUT2D eigenvalue weighted by molar-refractivity contribution is 5.82. The Bertz CT molecular complexity index is 699. The summed E-state index contributed by atoms with van der Waals surface area (Å²) in [5.41, 5.74) is 1.36. The Morgan fingerprint density at radius 3 is 2.63 bits per heavy atom. The van der Waals surface area contributed by atoms with Crippen LogP contribution in [0.2, 0.25) is 0 Å². The fourth-order valence-corrected chi connectivity index (χ4v) is 1.75. The van der Waals surface area contributed by atoms with Gasteiger partial charge >= 0.3 is 5.63 Å². The maximum Gasteiger partial charge on any atom is 0.339 e. The Morgan fingerprint density at radius 2 is 2.00 bits per heavy atom. The third kappa shape index (κ3) is 2.45. The molecule has 100 valence electrons. The van der Waals surface area contributed by atoms with Gasteiger partial charge in [-0.1, -0.05) is 0 Å². The molecule has 1 aromatic carbocycles. The molecule has 19 heavy (non-hydrogen) atoms. The quantitative estimate of drug-likeness (QED) is 0.768. The van der Waals surface area contributed by atoms with Gasteiger partial charge in [0.1, 0.15) is 17.4 Å². The molecule has 0 unspecified atom stereocenters. The van der Waals surface area contributed by atoms with Crippen molar-refractivity contribution >= 4 is 16.9 Å². The fraction of sp³-hybridized carbons (Fsp3) is 0.286. The first kappa shape index (κ1) is 13.1. The zero-order valence-electron chi connectivity index (χ0n) is 10.9. The van der Waals surface area contributed by atoms with Gasteiger partial charge in [-0.05, 0) is 38.5 Å². The van der Waals surface area contributed by atoms with Crippen LogP contribution in [-0.2, 0) is 4.79 Å². The third-order valence-corrected chi connectivity index (χ3v) is 3.07. The molecule has 0 fully saturated rings.